The van der Waals surface area contributed by atoms with Crippen LogP contribution in [0.25, 0.3) is 10.8 Å². The highest BCUT2D eigenvalue weighted by atomic mass is 32.2. The molecule has 0 bridgehead atoms. The minimum absolute atomic E-state index is 0.0704. The maximum atomic E-state index is 11.9. The zero-order chi connectivity index (χ0) is 31.3. The lowest BCUT2D eigenvalue weighted by molar-refractivity contribution is -0.432. The summed E-state index contributed by atoms with van der Waals surface area (Å²) in [5.41, 5.74) is 4.36. The van der Waals surface area contributed by atoms with Gasteiger partial charge >= 0.3 is 0 Å². The monoisotopic (exact) mass is 655 g/mol. The summed E-state index contributed by atoms with van der Waals surface area (Å²) < 4.78 is 42.2. The molecule has 0 aliphatic heterocycles. The van der Waals surface area contributed by atoms with Crippen LogP contribution in [0.15, 0.2) is 83.7 Å². The lowest BCUT2D eigenvalue weighted by Crippen LogP contribution is -2.04. The average Bonchev–Trinajstić information content (AvgIpc) is 2.95. The van der Waals surface area contributed by atoms with E-state index in [1.54, 1.807) is 0 Å². The predicted molar refractivity (Wildman–Crippen MR) is 147 cm³/mol. The first kappa shape index (κ1) is 31.6. The smallest absolute Gasteiger partial charge is 0.297 e. The molecule has 4 rings (SSSR count). The molecule has 0 aromatic heterocycles. The van der Waals surface area contributed by atoms with Gasteiger partial charge in [-0.05, 0) is 36.4 Å². The number of nitrogen functional groups attached to an aromatic ring is 1. The molecule has 0 spiro atoms. The van der Waals surface area contributed by atoms with E-state index in [1.807, 2.05) is 0 Å². The van der Waals surface area contributed by atoms with E-state index in [9.17, 15) is 33.4 Å². The van der Waals surface area contributed by atoms with Gasteiger partial charge in [-0.15, -0.1) is 29.1 Å². The number of nitrogens with two attached hydrogens (primary N) is 1. The van der Waals surface area contributed by atoms with Crippen LogP contribution in [0.2, 0.25) is 0 Å². The Kier molecular flexibility index (Phi) is 9.82. The number of fused-ring (bicyclic) bond motifs is 1. The van der Waals surface area contributed by atoms with E-state index in [0.717, 1.165) is 24.3 Å². The highest BCUT2D eigenvalue weighted by Gasteiger charge is 2.24. The Morgan fingerprint density at radius 1 is 0.698 bits per heavy atom. The van der Waals surface area contributed by atoms with E-state index >= 15 is 0 Å². The van der Waals surface area contributed by atoms with Crippen LogP contribution in [-0.2, 0) is 28.9 Å². The molecule has 0 atom stereocenters. The van der Waals surface area contributed by atoms with Crippen molar-refractivity contribution in [3.05, 3.63) is 48.5 Å². The van der Waals surface area contributed by atoms with Gasteiger partial charge in [0, 0.05) is 27.8 Å². The van der Waals surface area contributed by atoms with E-state index in [0.29, 0.717) is 16.9 Å². The molecule has 0 saturated heterocycles. The molecular weight excluding hydrogens is 638 g/mol. The van der Waals surface area contributed by atoms with Crippen LogP contribution < -0.4 is 5.73 Å². The van der Waals surface area contributed by atoms with Gasteiger partial charge in [-0.1, -0.05) is 10.1 Å². The van der Waals surface area contributed by atoms with E-state index in [2.05, 4.69) is 39.2 Å². The molecule has 0 heterocycles. The Hall–Kier alpha value is -4.29. The van der Waals surface area contributed by atoms with Crippen LogP contribution in [0.4, 0.5) is 28.4 Å². The number of nitrogens with zero attached hydrogens (tertiary/aromatic N) is 4. The summed E-state index contributed by atoms with van der Waals surface area (Å²) in [4.78, 5) is -0.551. The number of aromatic hydroxyl groups is 4. The van der Waals surface area contributed by atoms with Crippen LogP contribution in [0, 0.1) is 0 Å². The maximum Gasteiger partial charge on any atom is 0.297 e. The van der Waals surface area contributed by atoms with Gasteiger partial charge in [0.2, 0.25) is 0 Å². The molecule has 0 radical (unpaired) electrons. The fourth-order valence-electron chi connectivity index (χ4n) is 3.53. The van der Waals surface area contributed by atoms with Crippen molar-refractivity contribution in [1.82, 2.24) is 0 Å². The molecule has 0 fully saturated rings. The van der Waals surface area contributed by atoms with E-state index in [4.69, 9.17) is 16.2 Å². The molecule has 18 nitrogen and oxygen atoms in total. The average molecular weight is 656 g/mol. The number of benzene rings is 4. The van der Waals surface area contributed by atoms with Crippen molar-refractivity contribution in [3.63, 3.8) is 0 Å². The van der Waals surface area contributed by atoms with Gasteiger partial charge in [-0.3, -0.25) is 4.55 Å². The summed E-state index contributed by atoms with van der Waals surface area (Å²) in [6.07, 6.45) is 0. The maximum absolute atomic E-state index is 11.9. The number of phenolic OH excluding ortho intramolecular Hbond substituents is 4. The third kappa shape index (κ3) is 7.20. The van der Waals surface area contributed by atoms with Gasteiger partial charge < -0.3 is 26.2 Å². The Labute approximate surface area is 248 Å². The van der Waals surface area contributed by atoms with Gasteiger partial charge in [-0.25, -0.2) is 10.5 Å². The first-order valence-corrected chi connectivity index (χ1v) is 13.9. The van der Waals surface area contributed by atoms with Gasteiger partial charge in [0.05, 0.1) is 34.7 Å². The third-order valence-electron chi connectivity index (χ3n) is 5.33. The molecule has 21 heteroatoms. The van der Waals surface area contributed by atoms with Crippen molar-refractivity contribution in [2.75, 3.05) is 5.73 Å². The number of hydrogen-bond donors (Lipinski definition) is 8. The first-order chi connectivity index (χ1) is 20.4. The van der Waals surface area contributed by atoms with Crippen molar-refractivity contribution < 1.29 is 62.7 Å². The highest BCUT2D eigenvalue weighted by Crippen LogP contribution is 2.47. The molecule has 4 aromatic rings. The fraction of sp³-hybridized carbons (Fsp3) is 0. The number of anilines is 1. The quantitative estimate of drug-likeness (QED) is 0.0170. The van der Waals surface area contributed by atoms with Crippen LogP contribution in [0.5, 0.6) is 23.0 Å². The Morgan fingerprint density at radius 2 is 1.28 bits per heavy atom. The molecule has 0 unspecified atom stereocenters. The van der Waals surface area contributed by atoms with Crippen LogP contribution >= 0.6 is 24.1 Å². The molecule has 4 aromatic carbocycles. The minimum Gasteiger partial charge on any atom is -0.506 e. The fourth-order valence-corrected chi connectivity index (χ4v) is 5.22. The molecule has 0 amide bonds. The van der Waals surface area contributed by atoms with Crippen molar-refractivity contribution in [1.29, 1.82) is 0 Å². The van der Waals surface area contributed by atoms with Crippen molar-refractivity contribution in [2.45, 2.75) is 14.7 Å². The van der Waals surface area contributed by atoms with E-state index < -0.39 is 32.3 Å². The molecule has 226 valence electrons. The number of rotatable bonds is 11. The molecule has 9 N–H and O–H groups in total. The normalized spacial score (nSPS) is 12.2. The summed E-state index contributed by atoms with van der Waals surface area (Å²) in [6.45, 7) is 0. The largest absolute Gasteiger partial charge is 0.506 e. The molecule has 0 saturated carbocycles. The summed E-state index contributed by atoms with van der Waals surface area (Å²) in [5, 5.41) is 80.6. The van der Waals surface area contributed by atoms with Crippen molar-refractivity contribution in [2.24, 2.45) is 20.5 Å². The lowest BCUT2D eigenvalue weighted by Gasteiger charge is -2.12. The van der Waals surface area contributed by atoms with Crippen LogP contribution in [0.1, 0.15) is 0 Å². The second kappa shape index (κ2) is 13.3. The molecule has 43 heavy (non-hydrogen) atoms. The summed E-state index contributed by atoms with van der Waals surface area (Å²) in [5.74, 6) is -2.07. The lowest BCUT2D eigenvalue weighted by atomic mass is 10.1. The highest BCUT2D eigenvalue weighted by molar-refractivity contribution is 7.95. The number of phenols is 4. The summed E-state index contributed by atoms with van der Waals surface area (Å²) >= 11 is 0.863. The van der Waals surface area contributed by atoms with Gasteiger partial charge in [-0.2, -0.15) is 8.42 Å². The number of hydrogen-bond acceptors (Lipinski definition) is 19. The molecular formula is C22H17N5O13S3. The van der Waals surface area contributed by atoms with E-state index in [1.165, 1.54) is 24.3 Å². The van der Waals surface area contributed by atoms with Crippen LogP contribution in [0.3, 0.4) is 0 Å². The molecule has 0 aliphatic carbocycles. The predicted octanol–water partition coefficient (Wildman–Crippen LogP) is 6.18. The zero-order valence-electron chi connectivity index (χ0n) is 20.8. The minimum atomic E-state index is -4.86. The summed E-state index contributed by atoms with van der Waals surface area (Å²) in [6, 6.07) is 9.36. The zero-order valence-corrected chi connectivity index (χ0v) is 23.2. The SMILES string of the molecule is Nc1ccc2c(O)c(N=Nc3cc(O)c(N=Nc4cc(SOOO)ccc4O)cc3O)c(SOOO)cc2c1S(=O)(=O)O. The Balaban J connectivity index is 1.72. The second-order valence-electron chi connectivity index (χ2n) is 7.96. The Bertz CT molecular complexity index is 1860. The standard InChI is InChI=1S/C22H17N5O13S3/c23-12-3-2-10-11(22(12)43(34,35)36)6-19(42-40-38-33)20(21(10)31)27-26-15-8-17(29)14(7-18(15)30)25-24-13-5-9(41-39-37-32)1-4-16(13)28/h1-8,28-33H,23H2,(H,34,35,36). The van der Waals surface area contributed by atoms with Gasteiger partial charge in [0.25, 0.3) is 10.1 Å². The number of azo groups is 2. The van der Waals surface area contributed by atoms with E-state index in [-0.39, 0.29) is 61.9 Å². The topological polar surface area (TPSA) is 288 Å². The summed E-state index contributed by atoms with van der Waals surface area (Å²) in [7, 11) is -4.86. The second-order valence-corrected chi connectivity index (χ2v) is 10.8. The van der Waals surface area contributed by atoms with Gasteiger partial charge in [0.15, 0.2) is 5.75 Å². The van der Waals surface area contributed by atoms with Crippen molar-refractivity contribution >= 4 is 73.4 Å². The Morgan fingerprint density at radius 3 is 1.88 bits per heavy atom. The third-order valence-corrected chi connectivity index (χ3v) is 7.50. The van der Waals surface area contributed by atoms with Crippen LogP contribution in [-0.4, -0.2) is 43.9 Å². The van der Waals surface area contributed by atoms with Gasteiger partial charge in [0.1, 0.15) is 44.9 Å². The molecule has 0 aliphatic rings. The van der Waals surface area contributed by atoms with Crippen molar-refractivity contribution in [3.8, 4) is 23.0 Å². The first-order valence-electron chi connectivity index (χ1n) is 11.0.